The minimum Gasteiger partial charge on any atom is -0.385 e. The summed E-state index contributed by atoms with van der Waals surface area (Å²) in [6.07, 6.45) is 1.01. The molecule has 1 rings (SSSR count). The van der Waals surface area contributed by atoms with Crippen LogP contribution in [0.2, 0.25) is 5.02 Å². The molecule has 4 heteroatoms. The third-order valence-corrected chi connectivity index (χ3v) is 3.78. The van der Waals surface area contributed by atoms with E-state index in [9.17, 15) is 0 Å². The number of methoxy groups -OCH3 is 1. The second kappa shape index (κ2) is 7.37. The van der Waals surface area contributed by atoms with E-state index in [1.54, 1.807) is 7.11 Å². The maximum Gasteiger partial charge on any atom is 0.0465 e. The highest BCUT2D eigenvalue weighted by molar-refractivity contribution is 9.10. The number of halogens is 2. The van der Waals surface area contributed by atoms with Crippen LogP contribution in [0.25, 0.3) is 0 Å². The van der Waals surface area contributed by atoms with Crippen molar-refractivity contribution in [3.8, 4) is 0 Å². The minimum absolute atomic E-state index is 0.255. The van der Waals surface area contributed by atoms with Gasteiger partial charge in [0.1, 0.15) is 0 Å². The standard InChI is InChI=1S/C13H19BrClNO/c1-9(6-7-17-3)13(16-2)11-5-4-10(14)8-12(11)15/h4-5,8-9,13,16H,6-7H2,1-3H3. The van der Waals surface area contributed by atoms with Gasteiger partial charge in [-0.05, 0) is 37.1 Å². The van der Waals surface area contributed by atoms with Crippen molar-refractivity contribution < 1.29 is 4.74 Å². The molecule has 2 nitrogen and oxygen atoms in total. The highest BCUT2D eigenvalue weighted by Crippen LogP contribution is 2.31. The quantitative estimate of drug-likeness (QED) is 0.854. The lowest BCUT2D eigenvalue weighted by Gasteiger charge is -2.25. The maximum atomic E-state index is 6.28. The molecule has 0 amide bonds. The molecule has 0 aliphatic rings. The fraction of sp³-hybridized carbons (Fsp3) is 0.538. The van der Waals surface area contributed by atoms with Crippen molar-refractivity contribution in [2.75, 3.05) is 20.8 Å². The number of nitrogens with one attached hydrogen (secondary N) is 1. The molecule has 0 bridgehead atoms. The third-order valence-electron chi connectivity index (χ3n) is 2.95. The molecule has 0 aliphatic carbocycles. The molecule has 0 fully saturated rings. The summed E-state index contributed by atoms with van der Waals surface area (Å²) in [6.45, 7) is 2.98. The lowest BCUT2D eigenvalue weighted by Crippen LogP contribution is -2.24. The fourth-order valence-corrected chi connectivity index (χ4v) is 2.76. The van der Waals surface area contributed by atoms with Gasteiger partial charge in [-0.1, -0.05) is 40.5 Å². The van der Waals surface area contributed by atoms with Gasteiger partial charge in [-0.25, -0.2) is 0 Å². The van der Waals surface area contributed by atoms with Crippen LogP contribution in [0.1, 0.15) is 24.9 Å². The molecule has 0 aliphatic heterocycles. The van der Waals surface area contributed by atoms with Gasteiger partial charge in [0.25, 0.3) is 0 Å². The smallest absolute Gasteiger partial charge is 0.0465 e. The second-order valence-corrected chi connectivity index (χ2v) is 5.51. The van der Waals surface area contributed by atoms with E-state index < -0.39 is 0 Å². The summed E-state index contributed by atoms with van der Waals surface area (Å²) < 4.78 is 6.13. The van der Waals surface area contributed by atoms with Crippen LogP contribution in [0.15, 0.2) is 22.7 Å². The van der Waals surface area contributed by atoms with Gasteiger partial charge < -0.3 is 10.1 Å². The number of rotatable bonds is 6. The highest BCUT2D eigenvalue weighted by Gasteiger charge is 2.19. The van der Waals surface area contributed by atoms with E-state index in [-0.39, 0.29) is 6.04 Å². The first kappa shape index (κ1) is 15.0. The van der Waals surface area contributed by atoms with Gasteiger partial charge in [-0.2, -0.15) is 0 Å². The number of hydrogen-bond donors (Lipinski definition) is 1. The highest BCUT2D eigenvalue weighted by atomic mass is 79.9. The van der Waals surface area contributed by atoms with E-state index >= 15 is 0 Å². The van der Waals surface area contributed by atoms with Gasteiger partial charge in [0.05, 0.1) is 0 Å². The Hall–Kier alpha value is -0.0900. The predicted molar refractivity (Wildman–Crippen MR) is 76.6 cm³/mol. The number of hydrogen-bond acceptors (Lipinski definition) is 2. The van der Waals surface area contributed by atoms with Crippen molar-refractivity contribution in [3.05, 3.63) is 33.3 Å². The predicted octanol–water partition coefficient (Wildman–Crippen LogP) is 4.04. The Morgan fingerprint density at radius 1 is 1.47 bits per heavy atom. The molecule has 2 unspecified atom stereocenters. The average molecular weight is 321 g/mol. The molecule has 1 N–H and O–H groups in total. The Morgan fingerprint density at radius 3 is 2.71 bits per heavy atom. The van der Waals surface area contributed by atoms with Gasteiger partial charge in [0.2, 0.25) is 0 Å². The molecular formula is C13H19BrClNO. The molecule has 96 valence electrons. The van der Waals surface area contributed by atoms with E-state index in [0.29, 0.717) is 5.92 Å². The Bertz CT molecular complexity index is 359. The van der Waals surface area contributed by atoms with Gasteiger partial charge in [0.15, 0.2) is 0 Å². The summed E-state index contributed by atoms with van der Waals surface area (Å²) in [5, 5.41) is 4.13. The van der Waals surface area contributed by atoms with Crippen LogP contribution >= 0.6 is 27.5 Å². The summed E-state index contributed by atoms with van der Waals surface area (Å²) in [4.78, 5) is 0. The van der Waals surface area contributed by atoms with Crippen molar-refractivity contribution in [3.63, 3.8) is 0 Å². The van der Waals surface area contributed by atoms with E-state index in [2.05, 4.69) is 34.2 Å². The molecule has 0 radical (unpaired) electrons. The Morgan fingerprint density at radius 2 is 2.18 bits per heavy atom. The van der Waals surface area contributed by atoms with E-state index in [4.69, 9.17) is 16.3 Å². The van der Waals surface area contributed by atoms with Crippen LogP contribution in [0, 0.1) is 5.92 Å². The largest absolute Gasteiger partial charge is 0.385 e. The van der Waals surface area contributed by atoms with Gasteiger partial charge >= 0.3 is 0 Å². The number of ether oxygens (including phenoxy) is 1. The normalized spacial score (nSPS) is 14.6. The van der Waals surface area contributed by atoms with Gasteiger partial charge in [0, 0.05) is 29.3 Å². The lowest BCUT2D eigenvalue weighted by molar-refractivity contribution is 0.171. The Balaban J connectivity index is 2.85. The molecule has 1 aromatic rings. The van der Waals surface area contributed by atoms with Crippen LogP contribution in [0.4, 0.5) is 0 Å². The van der Waals surface area contributed by atoms with E-state index in [1.165, 1.54) is 0 Å². The zero-order valence-electron chi connectivity index (χ0n) is 10.5. The average Bonchev–Trinajstić information content (AvgIpc) is 2.30. The first-order chi connectivity index (χ1) is 8.10. The van der Waals surface area contributed by atoms with Crippen LogP contribution in [-0.4, -0.2) is 20.8 Å². The Kier molecular flexibility index (Phi) is 6.49. The van der Waals surface area contributed by atoms with Crippen molar-refractivity contribution in [2.45, 2.75) is 19.4 Å². The van der Waals surface area contributed by atoms with Crippen LogP contribution in [-0.2, 0) is 4.74 Å². The summed E-state index contributed by atoms with van der Waals surface area (Å²) in [5.74, 6) is 0.471. The molecule has 17 heavy (non-hydrogen) atoms. The molecule has 0 saturated carbocycles. The summed E-state index contributed by atoms with van der Waals surface area (Å²) in [6, 6.07) is 6.28. The van der Waals surface area contributed by atoms with E-state index in [1.807, 2.05) is 19.2 Å². The molecule has 0 spiro atoms. The lowest BCUT2D eigenvalue weighted by atomic mass is 9.92. The van der Waals surface area contributed by atoms with Crippen molar-refractivity contribution in [1.82, 2.24) is 5.32 Å². The second-order valence-electron chi connectivity index (χ2n) is 4.19. The first-order valence-corrected chi connectivity index (χ1v) is 6.88. The third kappa shape index (κ3) is 4.25. The van der Waals surface area contributed by atoms with Crippen molar-refractivity contribution in [1.29, 1.82) is 0 Å². The number of benzene rings is 1. The minimum atomic E-state index is 0.255. The van der Waals surface area contributed by atoms with Gasteiger partial charge in [-0.15, -0.1) is 0 Å². The maximum absolute atomic E-state index is 6.28. The molecule has 2 atom stereocenters. The molecule has 0 saturated heterocycles. The topological polar surface area (TPSA) is 21.3 Å². The molecule has 0 heterocycles. The zero-order chi connectivity index (χ0) is 12.8. The zero-order valence-corrected chi connectivity index (χ0v) is 12.8. The Labute approximate surface area is 117 Å². The SMILES string of the molecule is CNC(c1ccc(Br)cc1Cl)C(C)CCOC. The molecular weight excluding hydrogens is 302 g/mol. The van der Waals surface area contributed by atoms with Crippen molar-refractivity contribution >= 4 is 27.5 Å². The van der Waals surface area contributed by atoms with Crippen LogP contribution in [0.3, 0.4) is 0 Å². The van der Waals surface area contributed by atoms with Crippen LogP contribution < -0.4 is 5.32 Å². The summed E-state index contributed by atoms with van der Waals surface area (Å²) >= 11 is 9.70. The van der Waals surface area contributed by atoms with E-state index in [0.717, 1.165) is 28.1 Å². The first-order valence-electron chi connectivity index (χ1n) is 5.71. The summed E-state index contributed by atoms with van der Waals surface area (Å²) in [7, 11) is 3.69. The molecule has 1 aromatic carbocycles. The fourth-order valence-electron chi connectivity index (χ4n) is 1.97. The molecule has 0 aromatic heterocycles. The summed E-state index contributed by atoms with van der Waals surface area (Å²) in [5.41, 5.74) is 1.14. The van der Waals surface area contributed by atoms with Crippen LogP contribution in [0.5, 0.6) is 0 Å². The monoisotopic (exact) mass is 319 g/mol. The van der Waals surface area contributed by atoms with Gasteiger partial charge in [-0.3, -0.25) is 0 Å². The van der Waals surface area contributed by atoms with Crippen molar-refractivity contribution in [2.24, 2.45) is 5.92 Å².